The van der Waals surface area contributed by atoms with Crippen LogP contribution >= 0.6 is 23.8 Å². The number of carbonyl (C=O) groups is 2. The van der Waals surface area contributed by atoms with Crippen molar-refractivity contribution in [1.29, 1.82) is 0 Å². The van der Waals surface area contributed by atoms with Crippen LogP contribution in [0.15, 0.2) is 54.6 Å². The summed E-state index contributed by atoms with van der Waals surface area (Å²) in [4.78, 5) is 24.5. The Kier molecular flexibility index (Phi) is 7.99. The third-order valence-corrected chi connectivity index (χ3v) is 5.47. The molecule has 2 amide bonds. The lowest BCUT2D eigenvalue weighted by molar-refractivity contribution is -0.120. The van der Waals surface area contributed by atoms with E-state index in [0.29, 0.717) is 16.4 Å². The van der Waals surface area contributed by atoms with Gasteiger partial charge in [-0.3, -0.25) is 14.9 Å². The highest BCUT2D eigenvalue weighted by molar-refractivity contribution is 7.80. The van der Waals surface area contributed by atoms with Gasteiger partial charge in [0.1, 0.15) is 0 Å². The minimum Gasteiger partial charge on any atom is -0.332 e. The molecule has 0 atom stereocenters. The van der Waals surface area contributed by atoms with Crippen molar-refractivity contribution in [3.8, 4) is 0 Å². The van der Waals surface area contributed by atoms with Crippen molar-refractivity contribution in [2.24, 2.45) is 5.92 Å². The number of benzene rings is 2. The summed E-state index contributed by atoms with van der Waals surface area (Å²) in [5.74, 6) is -0.220. The van der Waals surface area contributed by atoms with E-state index >= 15 is 0 Å². The quantitative estimate of drug-likeness (QED) is 0.430. The second-order valence-corrected chi connectivity index (χ2v) is 8.02. The minimum absolute atomic E-state index is 0.0624. The van der Waals surface area contributed by atoms with E-state index in [-0.39, 0.29) is 22.8 Å². The van der Waals surface area contributed by atoms with Gasteiger partial charge >= 0.3 is 0 Å². The molecule has 0 aliphatic heterocycles. The van der Waals surface area contributed by atoms with Crippen molar-refractivity contribution in [3.05, 3.63) is 65.2 Å². The van der Waals surface area contributed by atoms with Crippen molar-refractivity contribution in [1.82, 2.24) is 5.32 Å². The van der Waals surface area contributed by atoms with Crippen molar-refractivity contribution < 1.29 is 9.59 Å². The van der Waals surface area contributed by atoms with Crippen molar-refractivity contribution >= 4 is 58.2 Å². The molecule has 0 saturated heterocycles. The number of hydrogen-bond donors (Lipinski definition) is 3. The fourth-order valence-electron chi connectivity index (χ4n) is 3.38. The molecule has 3 rings (SSSR count). The lowest BCUT2D eigenvalue weighted by atomic mass is 9.88. The topological polar surface area (TPSA) is 70.2 Å². The SMILES string of the molecule is O=C(/C=C/c1ccccc1Cl)NC(=S)Nc1cccc(NC(=O)C2CCCCC2)c1. The summed E-state index contributed by atoms with van der Waals surface area (Å²) in [5, 5.41) is 9.27. The molecule has 0 heterocycles. The maximum Gasteiger partial charge on any atom is 0.250 e. The van der Waals surface area contributed by atoms with Gasteiger partial charge < -0.3 is 10.6 Å². The van der Waals surface area contributed by atoms with Gasteiger partial charge in [-0.1, -0.05) is 55.1 Å². The lowest BCUT2D eigenvalue weighted by Crippen LogP contribution is -2.32. The number of nitrogens with one attached hydrogen (secondary N) is 3. The number of halogens is 1. The molecule has 3 N–H and O–H groups in total. The van der Waals surface area contributed by atoms with Crippen molar-refractivity contribution in [3.63, 3.8) is 0 Å². The first-order valence-electron chi connectivity index (χ1n) is 9.97. The molecule has 1 aliphatic carbocycles. The highest BCUT2D eigenvalue weighted by Crippen LogP contribution is 2.25. The summed E-state index contributed by atoms with van der Waals surface area (Å²) < 4.78 is 0. The number of hydrogen-bond acceptors (Lipinski definition) is 3. The number of carbonyl (C=O) groups excluding carboxylic acids is 2. The monoisotopic (exact) mass is 441 g/mol. The third-order valence-electron chi connectivity index (χ3n) is 4.92. The van der Waals surface area contributed by atoms with E-state index in [1.54, 1.807) is 18.2 Å². The van der Waals surface area contributed by atoms with Gasteiger partial charge in [0, 0.05) is 28.4 Å². The fourth-order valence-corrected chi connectivity index (χ4v) is 3.79. The van der Waals surface area contributed by atoms with Crippen LogP contribution < -0.4 is 16.0 Å². The maximum atomic E-state index is 12.4. The van der Waals surface area contributed by atoms with E-state index in [1.807, 2.05) is 36.4 Å². The van der Waals surface area contributed by atoms with Crippen molar-refractivity contribution in [2.75, 3.05) is 10.6 Å². The van der Waals surface area contributed by atoms with Gasteiger partial charge in [-0.2, -0.15) is 0 Å². The van der Waals surface area contributed by atoms with Gasteiger partial charge in [0.15, 0.2) is 5.11 Å². The van der Waals surface area contributed by atoms with Crippen LogP contribution in [0.5, 0.6) is 0 Å². The van der Waals surface area contributed by atoms with Crippen molar-refractivity contribution in [2.45, 2.75) is 32.1 Å². The van der Waals surface area contributed by atoms with Gasteiger partial charge in [-0.25, -0.2) is 0 Å². The molecule has 2 aromatic carbocycles. The molecular weight excluding hydrogens is 418 g/mol. The van der Waals surface area contributed by atoms with Crippen LogP contribution in [-0.4, -0.2) is 16.9 Å². The molecule has 0 radical (unpaired) electrons. The highest BCUT2D eigenvalue weighted by Gasteiger charge is 2.21. The molecule has 0 bridgehead atoms. The Labute approximate surface area is 186 Å². The average Bonchev–Trinajstić information content (AvgIpc) is 2.74. The van der Waals surface area contributed by atoms with E-state index in [0.717, 1.165) is 31.2 Å². The number of rotatable bonds is 5. The number of amides is 2. The molecule has 7 heteroatoms. The standard InChI is InChI=1S/C23H24ClN3O2S/c24-20-12-5-4-7-16(20)13-14-21(28)27-23(30)26-19-11-6-10-18(15-19)25-22(29)17-8-2-1-3-9-17/h4-7,10-15,17H,1-3,8-9H2,(H,25,29)(H2,26,27,28,30)/b14-13+. The second-order valence-electron chi connectivity index (χ2n) is 7.20. The van der Waals surface area contributed by atoms with Crippen LogP contribution in [0.3, 0.4) is 0 Å². The lowest BCUT2D eigenvalue weighted by Gasteiger charge is -2.21. The summed E-state index contributed by atoms with van der Waals surface area (Å²) in [7, 11) is 0. The van der Waals surface area contributed by atoms with Crippen LogP contribution in [-0.2, 0) is 9.59 Å². The second kappa shape index (κ2) is 10.9. The first-order valence-corrected chi connectivity index (χ1v) is 10.8. The molecule has 1 fully saturated rings. The summed E-state index contributed by atoms with van der Waals surface area (Å²) in [6.45, 7) is 0. The fraction of sp³-hybridized carbons (Fsp3) is 0.261. The highest BCUT2D eigenvalue weighted by atomic mass is 35.5. The Balaban J connectivity index is 1.52. The number of thiocarbonyl (C=S) groups is 1. The van der Waals surface area contributed by atoms with Gasteiger partial charge in [-0.05, 0) is 61.0 Å². The normalized spacial score (nSPS) is 14.3. The predicted octanol–water partition coefficient (Wildman–Crippen LogP) is 5.39. The average molecular weight is 442 g/mol. The molecule has 0 spiro atoms. The molecule has 0 aromatic heterocycles. The molecule has 1 saturated carbocycles. The first kappa shape index (κ1) is 22.0. The summed E-state index contributed by atoms with van der Waals surface area (Å²) in [6.07, 6.45) is 8.32. The van der Waals surface area contributed by atoms with Gasteiger partial charge in [0.05, 0.1) is 0 Å². The summed E-state index contributed by atoms with van der Waals surface area (Å²) in [6, 6.07) is 14.5. The minimum atomic E-state index is -0.367. The molecule has 30 heavy (non-hydrogen) atoms. The Morgan fingerprint density at radius 2 is 1.67 bits per heavy atom. The Morgan fingerprint density at radius 3 is 2.40 bits per heavy atom. The molecule has 0 unspecified atom stereocenters. The smallest absolute Gasteiger partial charge is 0.250 e. The molecule has 1 aliphatic rings. The molecule has 5 nitrogen and oxygen atoms in total. The zero-order valence-corrected chi connectivity index (χ0v) is 18.1. The van der Waals surface area contributed by atoms with E-state index < -0.39 is 0 Å². The van der Waals surface area contributed by atoms with Crippen LogP contribution in [0.1, 0.15) is 37.7 Å². The largest absolute Gasteiger partial charge is 0.332 e. The predicted molar refractivity (Wildman–Crippen MR) is 126 cm³/mol. The maximum absolute atomic E-state index is 12.4. The van der Waals surface area contributed by atoms with Crippen LogP contribution in [0, 0.1) is 5.92 Å². The Morgan fingerprint density at radius 1 is 0.967 bits per heavy atom. The van der Waals surface area contributed by atoms with Crippen LogP contribution in [0.25, 0.3) is 6.08 Å². The third kappa shape index (κ3) is 6.68. The zero-order chi connectivity index (χ0) is 21.3. The molecular formula is C23H24ClN3O2S. The van der Waals surface area contributed by atoms with Crippen LogP contribution in [0.2, 0.25) is 5.02 Å². The Bertz CT molecular complexity index is 955. The van der Waals surface area contributed by atoms with E-state index in [1.165, 1.54) is 12.5 Å². The van der Waals surface area contributed by atoms with E-state index in [9.17, 15) is 9.59 Å². The zero-order valence-electron chi connectivity index (χ0n) is 16.5. The summed E-state index contributed by atoms with van der Waals surface area (Å²) >= 11 is 11.3. The number of anilines is 2. The van der Waals surface area contributed by atoms with E-state index in [4.69, 9.17) is 23.8 Å². The van der Waals surface area contributed by atoms with Crippen LogP contribution in [0.4, 0.5) is 11.4 Å². The van der Waals surface area contributed by atoms with Gasteiger partial charge in [-0.15, -0.1) is 0 Å². The van der Waals surface area contributed by atoms with Gasteiger partial charge in [0.2, 0.25) is 11.8 Å². The van der Waals surface area contributed by atoms with E-state index in [2.05, 4.69) is 16.0 Å². The first-order chi connectivity index (χ1) is 14.5. The van der Waals surface area contributed by atoms with Gasteiger partial charge in [0.25, 0.3) is 0 Å². The molecule has 2 aromatic rings. The molecule has 156 valence electrons. The Hall–Kier alpha value is -2.70. The summed E-state index contributed by atoms with van der Waals surface area (Å²) in [5.41, 5.74) is 2.12.